The van der Waals surface area contributed by atoms with Crippen molar-refractivity contribution in [3.63, 3.8) is 0 Å². The highest BCUT2D eigenvalue weighted by atomic mass is 16.3. The van der Waals surface area contributed by atoms with E-state index in [4.69, 9.17) is 4.42 Å². The maximum atomic E-state index is 6.27. The van der Waals surface area contributed by atoms with Crippen LogP contribution in [0.5, 0.6) is 0 Å². The number of aromatic nitrogens is 1. The number of fused-ring (bicyclic) bond motifs is 4. The van der Waals surface area contributed by atoms with Crippen molar-refractivity contribution in [3.05, 3.63) is 211 Å². The van der Waals surface area contributed by atoms with Crippen LogP contribution in [0.25, 0.3) is 77.4 Å². The molecule has 2 aromatic heterocycles. The highest BCUT2D eigenvalue weighted by Crippen LogP contribution is 2.41. The first-order chi connectivity index (χ1) is 28.8. The molecule has 0 N–H and O–H groups in total. The Hall–Kier alpha value is -7.36. The molecule has 0 unspecified atom stereocenters. The third kappa shape index (κ3) is 6.42. The summed E-state index contributed by atoms with van der Waals surface area (Å²) in [5.41, 5.74) is 19.3. The summed E-state index contributed by atoms with van der Waals surface area (Å²) in [7, 11) is 0. The van der Waals surface area contributed by atoms with Crippen LogP contribution in [0, 0.1) is 20.8 Å². The van der Waals surface area contributed by atoms with E-state index >= 15 is 0 Å². The number of aryl methyl sites for hydroxylation is 3. The molecule has 0 atom stereocenters. The van der Waals surface area contributed by atoms with E-state index in [1.807, 2.05) is 6.92 Å². The number of furan rings is 1. The molecule has 0 bridgehead atoms. The van der Waals surface area contributed by atoms with Crippen molar-refractivity contribution in [1.29, 1.82) is 0 Å². The summed E-state index contributed by atoms with van der Waals surface area (Å²) in [6.45, 7) is 12.5. The van der Waals surface area contributed by atoms with E-state index in [0.717, 1.165) is 56.1 Å². The number of benzene rings is 8. The van der Waals surface area contributed by atoms with E-state index in [-0.39, 0.29) is 0 Å². The lowest BCUT2D eigenvalue weighted by Gasteiger charge is -2.26. The predicted octanol–water partition coefficient (Wildman–Crippen LogP) is 16.0. The van der Waals surface area contributed by atoms with Crippen molar-refractivity contribution in [3.8, 4) is 39.1 Å². The van der Waals surface area contributed by atoms with Gasteiger partial charge in [-0.25, -0.2) is 0 Å². The normalized spacial score (nSPS) is 11.5. The smallest absolute Gasteiger partial charge is 0.142 e. The highest BCUT2D eigenvalue weighted by Gasteiger charge is 2.17. The van der Waals surface area contributed by atoms with Crippen LogP contribution in [-0.2, 0) is 0 Å². The van der Waals surface area contributed by atoms with Gasteiger partial charge >= 0.3 is 0 Å². The Morgan fingerprint density at radius 1 is 0.492 bits per heavy atom. The van der Waals surface area contributed by atoms with Gasteiger partial charge in [0.1, 0.15) is 11.3 Å². The molecule has 0 saturated heterocycles. The van der Waals surface area contributed by atoms with Crippen LogP contribution < -0.4 is 4.90 Å². The van der Waals surface area contributed by atoms with Gasteiger partial charge in [-0.15, -0.1) is 0 Å². The first-order valence-electron chi connectivity index (χ1n) is 20.3. The Morgan fingerprint density at radius 2 is 1.05 bits per heavy atom. The predicted molar refractivity (Wildman–Crippen MR) is 250 cm³/mol. The minimum absolute atomic E-state index is 0.937. The van der Waals surface area contributed by atoms with Crippen LogP contribution in [0.2, 0.25) is 0 Å². The lowest BCUT2D eigenvalue weighted by Crippen LogP contribution is -2.09. The zero-order chi connectivity index (χ0) is 40.2. The fourth-order valence-corrected chi connectivity index (χ4v) is 8.52. The summed E-state index contributed by atoms with van der Waals surface area (Å²) < 4.78 is 8.64. The molecule has 284 valence electrons. The number of para-hydroxylation sites is 2. The minimum atomic E-state index is 0.937. The van der Waals surface area contributed by atoms with Gasteiger partial charge in [-0.2, -0.15) is 0 Å². The van der Waals surface area contributed by atoms with Crippen LogP contribution in [-0.4, -0.2) is 4.57 Å². The zero-order valence-corrected chi connectivity index (χ0v) is 33.8. The Labute approximate surface area is 345 Å². The fraction of sp³-hybridized carbons (Fsp3) is 0.0714. The van der Waals surface area contributed by atoms with Crippen molar-refractivity contribution in [1.82, 2.24) is 4.57 Å². The number of anilines is 3. The molecule has 0 aliphatic carbocycles. The maximum absolute atomic E-state index is 6.27. The van der Waals surface area contributed by atoms with Gasteiger partial charge in [-0.3, -0.25) is 0 Å². The van der Waals surface area contributed by atoms with E-state index in [9.17, 15) is 0 Å². The third-order valence-corrected chi connectivity index (χ3v) is 11.9. The second kappa shape index (κ2) is 14.5. The molecule has 0 fully saturated rings. The number of nitrogens with zero attached hydrogens (tertiary/aromatic N) is 2. The topological polar surface area (TPSA) is 21.3 Å². The molecule has 10 aromatic rings. The fourth-order valence-electron chi connectivity index (χ4n) is 8.52. The van der Waals surface area contributed by atoms with E-state index in [2.05, 4.69) is 219 Å². The second-order valence-electron chi connectivity index (χ2n) is 15.7. The molecule has 2 heterocycles. The monoisotopic (exact) mass is 760 g/mol. The molecule has 0 radical (unpaired) electrons. The molecule has 8 aromatic carbocycles. The Balaban J connectivity index is 1.04. The molecule has 0 spiro atoms. The van der Waals surface area contributed by atoms with Crippen LogP contribution >= 0.6 is 0 Å². The Morgan fingerprint density at radius 3 is 1.71 bits per heavy atom. The summed E-state index contributed by atoms with van der Waals surface area (Å²) in [5, 5.41) is 3.66. The molecule has 0 saturated carbocycles. The molecule has 0 amide bonds. The van der Waals surface area contributed by atoms with Crippen molar-refractivity contribution < 1.29 is 4.42 Å². The zero-order valence-electron chi connectivity index (χ0n) is 33.8. The molecule has 59 heavy (non-hydrogen) atoms. The van der Waals surface area contributed by atoms with Crippen molar-refractivity contribution in [2.45, 2.75) is 27.7 Å². The van der Waals surface area contributed by atoms with E-state index in [0.29, 0.717) is 0 Å². The first kappa shape index (κ1) is 36.0. The SMILES string of the molecule is C=C(C)c1cccc(-c2ccc(N(c3ccc(-c4ccc5c(c4)c4ccccc4n5-c4ccc(C)cc4)cc3)c3ccc(-c4cccc5c(C)c(C)oc45)cc3)cc2)c1. The lowest BCUT2D eigenvalue weighted by atomic mass is 9.99. The first-order valence-corrected chi connectivity index (χ1v) is 20.3. The summed E-state index contributed by atoms with van der Waals surface area (Å²) in [6, 6.07) is 66.1. The van der Waals surface area contributed by atoms with Crippen LogP contribution in [0.1, 0.15) is 29.4 Å². The Kier molecular flexibility index (Phi) is 8.87. The number of hydrogen-bond donors (Lipinski definition) is 0. The maximum Gasteiger partial charge on any atom is 0.142 e. The van der Waals surface area contributed by atoms with Crippen molar-refractivity contribution in [2.24, 2.45) is 0 Å². The average Bonchev–Trinajstić information content (AvgIpc) is 3.77. The van der Waals surface area contributed by atoms with Gasteiger partial charge in [0.2, 0.25) is 0 Å². The molecular weight excluding hydrogens is 717 g/mol. The molecule has 0 aliphatic rings. The lowest BCUT2D eigenvalue weighted by molar-refractivity contribution is 0.576. The van der Waals surface area contributed by atoms with E-state index in [1.54, 1.807) is 0 Å². The van der Waals surface area contributed by atoms with Gasteiger partial charge in [0.05, 0.1) is 11.0 Å². The summed E-state index contributed by atoms with van der Waals surface area (Å²) in [6.07, 6.45) is 0. The van der Waals surface area contributed by atoms with E-state index < -0.39 is 0 Å². The van der Waals surface area contributed by atoms with Gasteiger partial charge in [-0.1, -0.05) is 127 Å². The van der Waals surface area contributed by atoms with Gasteiger partial charge in [-0.05, 0) is 139 Å². The summed E-state index contributed by atoms with van der Waals surface area (Å²) in [4.78, 5) is 2.34. The summed E-state index contributed by atoms with van der Waals surface area (Å²) >= 11 is 0. The quantitative estimate of drug-likeness (QED) is 0.154. The molecule has 3 heteroatoms. The van der Waals surface area contributed by atoms with Crippen molar-refractivity contribution >= 4 is 55.4 Å². The average molecular weight is 761 g/mol. The van der Waals surface area contributed by atoms with Crippen LogP contribution in [0.3, 0.4) is 0 Å². The van der Waals surface area contributed by atoms with E-state index in [1.165, 1.54) is 60.9 Å². The minimum Gasteiger partial charge on any atom is -0.460 e. The number of allylic oxidation sites excluding steroid dienone is 1. The van der Waals surface area contributed by atoms with Gasteiger partial charge in [0.15, 0.2) is 0 Å². The largest absolute Gasteiger partial charge is 0.460 e. The highest BCUT2D eigenvalue weighted by molar-refractivity contribution is 6.10. The van der Waals surface area contributed by atoms with Crippen LogP contribution in [0.15, 0.2) is 193 Å². The van der Waals surface area contributed by atoms with Crippen molar-refractivity contribution in [2.75, 3.05) is 4.90 Å². The molecule has 10 rings (SSSR count). The third-order valence-electron chi connectivity index (χ3n) is 11.9. The molecular formula is C56H44N2O. The molecule has 3 nitrogen and oxygen atoms in total. The number of rotatable bonds is 8. The van der Waals surface area contributed by atoms with Gasteiger partial charge in [0.25, 0.3) is 0 Å². The summed E-state index contributed by atoms with van der Waals surface area (Å²) in [5.74, 6) is 0.961. The standard InChI is InChI=1S/C56H44N2O/c1-36(2)43-10-8-11-44(34-43)40-18-27-46(28-19-40)57(48-31-22-42(23-32-48)51-14-9-13-50-38(4)39(5)59-56(50)51)47-29-20-41(21-30-47)45-24-33-55-53(35-45)52-12-6-7-15-54(52)58(55)49-25-16-37(3)17-26-49/h6-35H,1H2,2-5H3. The van der Waals surface area contributed by atoms with Gasteiger partial charge < -0.3 is 13.9 Å². The second-order valence-corrected chi connectivity index (χ2v) is 15.7. The van der Waals surface area contributed by atoms with Gasteiger partial charge in [0, 0.05) is 44.5 Å². The van der Waals surface area contributed by atoms with Crippen LogP contribution in [0.4, 0.5) is 17.1 Å². The molecule has 0 aliphatic heterocycles. The Bertz CT molecular complexity index is 3180. The number of hydrogen-bond acceptors (Lipinski definition) is 2.